The maximum absolute atomic E-state index is 11.8. The lowest BCUT2D eigenvalue weighted by Gasteiger charge is -2.11. The maximum atomic E-state index is 11.8. The number of ether oxygens (including phenoxy) is 2. The third-order valence-electron chi connectivity index (χ3n) is 3.16. The van der Waals surface area contributed by atoms with Gasteiger partial charge >= 0.3 is 0 Å². The number of carbonyl (C=O) groups excluding carboxylic acids is 2. The molecular formula is C18H18Br2N2O4. The summed E-state index contributed by atoms with van der Waals surface area (Å²) in [6.45, 7) is 3.45. The molecule has 0 atom stereocenters. The fourth-order valence-corrected chi connectivity index (χ4v) is 3.27. The molecule has 8 heteroatoms. The van der Waals surface area contributed by atoms with Gasteiger partial charge in [-0.15, -0.1) is 0 Å². The number of amides is 2. The predicted octanol–water partition coefficient (Wildman–Crippen LogP) is 3.43. The first-order valence-corrected chi connectivity index (χ1v) is 9.28. The van der Waals surface area contributed by atoms with Crippen LogP contribution in [-0.2, 0) is 9.59 Å². The van der Waals surface area contributed by atoms with Gasteiger partial charge in [-0.2, -0.15) is 0 Å². The zero-order valence-corrected chi connectivity index (χ0v) is 17.4. The Morgan fingerprint density at radius 2 is 1.46 bits per heavy atom. The van der Waals surface area contributed by atoms with Crippen molar-refractivity contribution in [3.8, 4) is 11.5 Å². The number of halogens is 2. The van der Waals surface area contributed by atoms with Gasteiger partial charge in [-0.1, -0.05) is 22.0 Å². The van der Waals surface area contributed by atoms with E-state index in [1.807, 2.05) is 32.0 Å². The van der Waals surface area contributed by atoms with E-state index >= 15 is 0 Å². The van der Waals surface area contributed by atoms with E-state index in [2.05, 4.69) is 42.7 Å². The number of carbonyl (C=O) groups is 2. The Kier molecular flexibility index (Phi) is 7.47. The molecule has 2 rings (SSSR count). The number of hydrazine groups is 1. The third kappa shape index (κ3) is 6.68. The van der Waals surface area contributed by atoms with Crippen LogP contribution in [0.5, 0.6) is 11.5 Å². The standard InChI is InChI=1S/C18H18Br2N2O4/c1-11-5-12(2)7-14(6-11)25-9-17(23)21-22-18(24)10-26-16-4-3-13(19)8-15(16)20/h3-8H,9-10H2,1-2H3,(H,21,23)(H,22,24). The van der Waals surface area contributed by atoms with E-state index in [1.165, 1.54) is 0 Å². The van der Waals surface area contributed by atoms with Gasteiger partial charge in [0, 0.05) is 4.47 Å². The van der Waals surface area contributed by atoms with Crippen molar-refractivity contribution in [3.63, 3.8) is 0 Å². The first-order chi connectivity index (χ1) is 12.3. The SMILES string of the molecule is Cc1cc(C)cc(OCC(=O)NNC(=O)COc2ccc(Br)cc2Br)c1. The summed E-state index contributed by atoms with van der Waals surface area (Å²) < 4.78 is 12.4. The second kappa shape index (κ2) is 9.59. The minimum atomic E-state index is -0.487. The summed E-state index contributed by atoms with van der Waals surface area (Å²) in [5.41, 5.74) is 6.65. The lowest BCUT2D eigenvalue weighted by Crippen LogP contribution is -2.45. The first-order valence-electron chi connectivity index (χ1n) is 7.70. The fourth-order valence-electron chi connectivity index (χ4n) is 2.11. The van der Waals surface area contributed by atoms with Crippen molar-refractivity contribution in [1.29, 1.82) is 0 Å². The molecule has 0 bridgehead atoms. The van der Waals surface area contributed by atoms with Gasteiger partial charge in [-0.05, 0) is 71.2 Å². The lowest BCUT2D eigenvalue weighted by atomic mass is 10.1. The molecule has 2 aromatic carbocycles. The number of hydrogen-bond acceptors (Lipinski definition) is 4. The molecular weight excluding hydrogens is 468 g/mol. The molecule has 26 heavy (non-hydrogen) atoms. The number of rotatable bonds is 6. The van der Waals surface area contributed by atoms with E-state index in [0.717, 1.165) is 15.6 Å². The van der Waals surface area contributed by atoms with E-state index in [4.69, 9.17) is 9.47 Å². The Morgan fingerprint density at radius 3 is 2.04 bits per heavy atom. The van der Waals surface area contributed by atoms with Crippen molar-refractivity contribution < 1.29 is 19.1 Å². The predicted molar refractivity (Wildman–Crippen MR) is 105 cm³/mol. The van der Waals surface area contributed by atoms with Gasteiger partial charge in [0.25, 0.3) is 11.8 Å². The van der Waals surface area contributed by atoms with Crippen LogP contribution >= 0.6 is 31.9 Å². The Bertz CT molecular complexity index is 792. The Balaban J connectivity index is 1.72. The molecule has 0 saturated heterocycles. The van der Waals surface area contributed by atoms with E-state index in [9.17, 15) is 9.59 Å². The summed E-state index contributed by atoms with van der Waals surface area (Å²) in [4.78, 5) is 23.5. The molecule has 138 valence electrons. The summed E-state index contributed by atoms with van der Waals surface area (Å²) in [6.07, 6.45) is 0. The molecule has 0 spiro atoms. The van der Waals surface area contributed by atoms with Crippen LogP contribution in [0.1, 0.15) is 11.1 Å². The monoisotopic (exact) mass is 484 g/mol. The Hall–Kier alpha value is -2.06. The van der Waals surface area contributed by atoms with Crippen LogP contribution in [0.3, 0.4) is 0 Å². The van der Waals surface area contributed by atoms with Crippen molar-refractivity contribution >= 4 is 43.7 Å². The number of benzene rings is 2. The van der Waals surface area contributed by atoms with E-state index in [0.29, 0.717) is 16.0 Å². The van der Waals surface area contributed by atoms with Gasteiger partial charge in [0.2, 0.25) is 0 Å². The molecule has 2 N–H and O–H groups in total. The highest BCUT2D eigenvalue weighted by Gasteiger charge is 2.08. The molecule has 2 aromatic rings. The van der Waals surface area contributed by atoms with Crippen LogP contribution in [0, 0.1) is 13.8 Å². The van der Waals surface area contributed by atoms with Crippen LogP contribution in [0.2, 0.25) is 0 Å². The van der Waals surface area contributed by atoms with Crippen molar-refractivity contribution in [2.24, 2.45) is 0 Å². The highest BCUT2D eigenvalue weighted by molar-refractivity contribution is 9.11. The molecule has 0 aromatic heterocycles. The summed E-state index contributed by atoms with van der Waals surface area (Å²) in [5.74, 6) is 0.169. The number of aryl methyl sites for hydroxylation is 2. The molecule has 6 nitrogen and oxygen atoms in total. The second-order valence-electron chi connectivity index (χ2n) is 5.57. The molecule has 2 amide bonds. The quantitative estimate of drug-likeness (QED) is 0.614. The molecule has 0 aliphatic carbocycles. The summed E-state index contributed by atoms with van der Waals surface area (Å²) >= 11 is 6.67. The van der Waals surface area contributed by atoms with Gasteiger partial charge in [0.1, 0.15) is 11.5 Å². The molecule has 0 heterocycles. The minimum absolute atomic E-state index is 0.206. The van der Waals surface area contributed by atoms with Crippen LogP contribution in [-0.4, -0.2) is 25.0 Å². The van der Waals surface area contributed by atoms with Crippen molar-refractivity contribution in [2.45, 2.75) is 13.8 Å². The Labute approximate surface area is 168 Å². The largest absolute Gasteiger partial charge is 0.484 e. The highest BCUT2D eigenvalue weighted by atomic mass is 79.9. The minimum Gasteiger partial charge on any atom is -0.484 e. The van der Waals surface area contributed by atoms with Crippen molar-refractivity contribution in [2.75, 3.05) is 13.2 Å². The van der Waals surface area contributed by atoms with E-state index in [1.54, 1.807) is 18.2 Å². The maximum Gasteiger partial charge on any atom is 0.276 e. The Morgan fingerprint density at radius 1 is 0.885 bits per heavy atom. The van der Waals surface area contributed by atoms with E-state index in [-0.39, 0.29) is 13.2 Å². The van der Waals surface area contributed by atoms with Gasteiger partial charge in [-0.25, -0.2) is 0 Å². The average Bonchev–Trinajstić information content (AvgIpc) is 2.56. The topological polar surface area (TPSA) is 76.7 Å². The summed E-state index contributed by atoms with van der Waals surface area (Å²) in [6, 6.07) is 11.0. The highest BCUT2D eigenvalue weighted by Crippen LogP contribution is 2.28. The zero-order valence-electron chi connectivity index (χ0n) is 14.3. The fraction of sp³-hybridized carbons (Fsp3) is 0.222. The molecule has 0 fully saturated rings. The van der Waals surface area contributed by atoms with Crippen molar-refractivity contribution in [3.05, 3.63) is 56.5 Å². The number of nitrogens with one attached hydrogen (secondary N) is 2. The smallest absolute Gasteiger partial charge is 0.276 e. The normalized spacial score (nSPS) is 10.2. The molecule has 0 unspecified atom stereocenters. The summed E-state index contributed by atoms with van der Waals surface area (Å²) in [7, 11) is 0. The molecule has 0 saturated carbocycles. The lowest BCUT2D eigenvalue weighted by molar-refractivity contribution is -0.131. The molecule has 0 radical (unpaired) electrons. The summed E-state index contributed by atoms with van der Waals surface area (Å²) in [5, 5.41) is 0. The number of hydrogen-bond donors (Lipinski definition) is 2. The van der Waals surface area contributed by atoms with Gasteiger partial charge in [0.15, 0.2) is 13.2 Å². The van der Waals surface area contributed by atoms with Gasteiger partial charge in [-0.3, -0.25) is 20.4 Å². The zero-order chi connectivity index (χ0) is 19.1. The van der Waals surface area contributed by atoms with Crippen molar-refractivity contribution in [1.82, 2.24) is 10.9 Å². The van der Waals surface area contributed by atoms with Crippen LogP contribution < -0.4 is 20.3 Å². The van der Waals surface area contributed by atoms with Gasteiger partial charge < -0.3 is 9.47 Å². The molecule has 0 aliphatic rings. The third-order valence-corrected chi connectivity index (χ3v) is 4.27. The average molecular weight is 486 g/mol. The van der Waals surface area contributed by atoms with Crippen LogP contribution in [0.25, 0.3) is 0 Å². The van der Waals surface area contributed by atoms with Gasteiger partial charge in [0.05, 0.1) is 4.47 Å². The van der Waals surface area contributed by atoms with E-state index < -0.39 is 11.8 Å². The van der Waals surface area contributed by atoms with Crippen LogP contribution in [0.15, 0.2) is 45.3 Å². The first kappa shape index (κ1) is 20.3. The second-order valence-corrected chi connectivity index (χ2v) is 7.34. The van der Waals surface area contributed by atoms with Crippen LogP contribution in [0.4, 0.5) is 0 Å². The molecule has 0 aliphatic heterocycles.